The van der Waals surface area contributed by atoms with E-state index in [9.17, 15) is 4.79 Å². The summed E-state index contributed by atoms with van der Waals surface area (Å²) in [7, 11) is 1.62. The summed E-state index contributed by atoms with van der Waals surface area (Å²) in [5.41, 5.74) is 2.98. The molecule has 1 saturated heterocycles. The molecule has 1 N–H and O–H groups in total. The second kappa shape index (κ2) is 5.57. The van der Waals surface area contributed by atoms with Gasteiger partial charge in [-0.2, -0.15) is 0 Å². The SMILES string of the molecule is CNC(=O)C1CN(c2cnc3c(c2)c(C)cn3S)CCO1. The maximum absolute atomic E-state index is 11.7. The zero-order chi connectivity index (χ0) is 15.0. The molecule has 0 aromatic carbocycles. The van der Waals surface area contributed by atoms with E-state index in [1.165, 1.54) is 0 Å². The van der Waals surface area contributed by atoms with Gasteiger partial charge in [0, 0.05) is 25.2 Å². The van der Waals surface area contributed by atoms with Crippen molar-refractivity contribution < 1.29 is 9.53 Å². The second-order valence-electron chi connectivity index (χ2n) is 5.14. The van der Waals surface area contributed by atoms with Crippen molar-refractivity contribution in [1.29, 1.82) is 0 Å². The number of hydrogen-bond donors (Lipinski definition) is 2. The summed E-state index contributed by atoms with van der Waals surface area (Å²) in [6, 6.07) is 2.09. The van der Waals surface area contributed by atoms with Gasteiger partial charge in [0.15, 0.2) is 6.10 Å². The zero-order valence-electron chi connectivity index (χ0n) is 12.0. The van der Waals surface area contributed by atoms with E-state index in [4.69, 9.17) is 4.74 Å². The summed E-state index contributed by atoms with van der Waals surface area (Å²) in [6.07, 6.45) is 3.33. The van der Waals surface area contributed by atoms with Gasteiger partial charge < -0.3 is 15.0 Å². The van der Waals surface area contributed by atoms with Crippen molar-refractivity contribution in [3.05, 3.63) is 24.0 Å². The molecule has 1 atom stereocenters. The van der Waals surface area contributed by atoms with Gasteiger partial charge in [-0.1, -0.05) is 12.8 Å². The zero-order valence-corrected chi connectivity index (χ0v) is 12.9. The molecule has 0 spiro atoms. The van der Waals surface area contributed by atoms with Crippen LogP contribution in [0.2, 0.25) is 0 Å². The highest BCUT2D eigenvalue weighted by Gasteiger charge is 2.26. The lowest BCUT2D eigenvalue weighted by Gasteiger charge is -2.33. The number of anilines is 1. The molecular formula is C14H18N4O2S. The second-order valence-corrected chi connectivity index (χ2v) is 5.57. The number of ether oxygens (including phenoxy) is 1. The number of carbonyl (C=O) groups is 1. The number of carbonyl (C=O) groups excluding carboxylic acids is 1. The Kier molecular flexibility index (Phi) is 3.77. The van der Waals surface area contributed by atoms with Gasteiger partial charge in [-0.15, -0.1) is 0 Å². The summed E-state index contributed by atoms with van der Waals surface area (Å²) in [6.45, 7) is 3.85. The third-order valence-corrected chi connectivity index (χ3v) is 4.09. The van der Waals surface area contributed by atoms with Gasteiger partial charge in [0.05, 0.1) is 25.0 Å². The molecule has 6 nitrogen and oxygen atoms in total. The van der Waals surface area contributed by atoms with Crippen LogP contribution >= 0.6 is 12.8 Å². The third kappa shape index (κ3) is 2.58. The van der Waals surface area contributed by atoms with Crippen molar-refractivity contribution in [2.24, 2.45) is 0 Å². The van der Waals surface area contributed by atoms with E-state index in [0.29, 0.717) is 13.2 Å². The average Bonchev–Trinajstić information content (AvgIpc) is 2.81. The van der Waals surface area contributed by atoms with Crippen molar-refractivity contribution in [3.63, 3.8) is 0 Å². The van der Waals surface area contributed by atoms with Crippen LogP contribution in [-0.4, -0.2) is 47.7 Å². The number of aryl methyl sites for hydroxylation is 1. The van der Waals surface area contributed by atoms with E-state index < -0.39 is 6.10 Å². The summed E-state index contributed by atoms with van der Waals surface area (Å²) in [4.78, 5) is 18.3. The number of likely N-dealkylation sites (N-methyl/N-ethyl adjacent to an activating group) is 1. The lowest BCUT2D eigenvalue weighted by Crippen LogP contribution is -2.49. The first-order chi connectivity index (χ1) is 10.1. The first kappa shape index (κ1) is 14.2. The predicted octanol–water partition coefficient (Wildman–Crippen LogP) is 0.989. The molecule has 0 aliphatic carbocycles. The van der Waals surface area contributed by atoms with Crippen LogP contribution in [0.3, 0.4) is 0 Å². The molecule has 112 valence electrons. The normalized spacial score (nSPS) is 19.0. The van der Waals surface area contributed by atoms with Crippen LogP contribution in [0, 0.1) is 6.92 Å². The quantitative estimate of drug-likeness (QED) is 0.813. The highest BCUT2D eigenvalue weighted by molar-refractivity contribution is 7.78. The smallest absolute Gasteiger partial charge is 0.250 e. The average molecular weight is 306 g/mol. The molecule has 0 saturated carbocycles. The highest BCUT2D eigenvalue weighted by Crippen LogP contribution is 2.25. The van der Waals surface area contributed by atoms with Crippen molar-refractivity contribution in [1.82, 2.24) is 14.3 Å². The molecule has 1 unspecified atom stereocenters. The minimum atomic E-state index is -0.435. The van der Waals surface area contributed by atoms with Crippen LogP contribution in [0.5, 0.6) is 0 Å². The Morgan fingerprint density at radius 2 is 2.38 bits per heavy atom. The van der Waals surface area contributed by atoms with Crippen LogP contribution in [0.4, 0.5) is 5.69 Å². The van der Waals surface area contributed by atoms with Crippen LogP contribution in [0.1, 0.15) is 5.56 Å². The fourth-order valence-electron chi connectivity index (χ4n) is 2.61. The van der Waals surface area contributed by atoms with Crippen LogP contribution in [0.25, 0.3) is 11.0 Å². The standard InChI is InChI=1S/C14H18N4O2S/c1-9-7-18(21)13-11(9)5-10(6-16-13)17-3-4-20-12(8-17)14(19)15-2/h5-7,12,21H,3-4,8H2,1-2H3,(H,15,19). The van der Waals surface area contributed by atoms with Crippen LogP contribution in [-0.2, 0) is 9.53 Å². The lowest BCUT2D eigenvalue weighted by molar-refractivity contribution is -0.132. The molecule has 1 aliphatic rings. The van der Waals surface area contributed by atoms with Crippen molar-refractivity contribution in [2.75, 3.05) is 31.6 Å². The molecule has 3 heterocycles. The van der Waals surface area contributed by atoms with Crippen molar-refractivity contribution in [2.45, 2.75) is 13.0 Å². The molecule has 3 rings (SSSR count). The molecule has 21 heavy (non-hydrogen) atoms. The Hall–Kier alpha value is -1.73. The summed E-state index contributed by atoms with van der Waals surface area (Å²) < 4.78 is 7.23. The van der Waals surface area contributed by atoms with E-state index in [1.807, 2.05) is 19.3 Å². The van der Waals surface area contributed by atoms with Crippen LogP contribution < -0.4 is 10.2 Å². The van der Waals surface area contributed by atoms with Crippen molar-refractivity contribution >= 4 is 35.4 Å². The molecule has 0 bridgehead atoms. The minimum Gasteiger partial charge on any atom is -0.365 e. The minimum absolute atomic E-state index is 0.0913. The largest absolute Gasteiger partial charge is 0.365 e. The molecule has 0 radical (unpaired) electrons. The Morgan fingerprint density at radius 1 is 1.57 bits per heavy atom. The lowest BCUT2D eigenvalue weighted by atomic mass is 10.2. The maximum Gasteiger partial charge on any atom is 0.250 e. The van der Waals surface area contributed by atoms with Gasteiger partial charge in [0.25, 0.3) is 5.91 Å². The van der Waals surface area contributed by atoms with E-state index in [0.717, 1.165) is 28.8 Å². The van der Waals surface area contributed by atoms with E-state index in [1.54, 1.807) is 11.0 Å². The molecular weight excluding hydrogens is 288 g/mol. The van der Waals surface area contributed by atoms with Gasteiger partial charge >= 0.3 is 0 Å². The number of nitrogens with zero attached hydrogens (tertiary/aromatic N) is 3. The summed E-state index contributed by atoms with van der Waals surface area (Å²) in [5, 5.41) is 3.70. The number of hydrogen-bond acceptors (Lipinski definition) is 5. The Balaban J connectivity index is 1.89. The Bertz CT molecular complexity index is 685. The third-order valence-electron chi connectivity index (χ3n) is 3.78. The Labute approximate surface area is 128 Å². The number of fused-ring (bicyclic) bond motifs is 1. The van der Waals surface area contributed by atoms with Crippen molar-refractivity contribution in [3.8, 4) is 0 Å². The highest BCUT2D eigenvalue weighted by atomic mass is 32.1. The van der Waals surface area contributed by atoms with Gasteiger partial charge in [-0.05, 0) is 18.6 Å². The number of aromatic nitrogens is 2. The summed E-state index contributed by atoms with van der Waals surface area (Å²) >= 11 is 4.35. The number of nitrogens with one attached hydrogen (secondary N) is 1. The van der Waals surface area contributed by atoms with E-state index in [2.05, 4.69) is 34.1 Å². The molecule has 2 aromatic heterocycles. The first-order valence-corrected chi connectivity index (χ1v) is 7.25. The fourth-order valence-corrected chi connectivity index (χ4v) is 2.94. The molecule has 1 aliphatic heterocycles. The number of amides is 1. The maximum atomic E-state index is 11.7. The summed E-state index contributed by atoms with van der Waals surface area (Å²) in [5.74, 6) is -0.0913. The fraction of sp³-hybridized carbons (Fsp3) is 0.429. The number of thiol groups is 1. The van der Waals surface area contributed by atoms with Crippen LogP contribution in [0.15, 0.2) is 18.5 Å². The topological polar surface area (TPSA) is 59.4 Å². The Morgan fingerprint density at radius 3 is 3.14 bits per heavy atom. The molecule has 7 heteroatoms. The first-order valence-electron chi connectivity index (χ1n) is 6.85. The molecule has 1 amide bonds. The molecule has 2 aromatic rings. The van der Waals surface area contributed by atoms with Gasteiger partial charge in [-0.3, -0.25) is 8.77 Å². The monoisotopic (exact) mass is 306 g/mol. The number of pyridine rings is 1. The molecule has 1 fully saturated rings. The van der Waals surface area contributed by atoms with E-state index >= 15 is 0 Å². The predicted molar refractivity (Wildman–Crippen MR) is 84.9 cm³/mol. The number of rotatable bonds is 2. The number of morpholine rings is 1. The van der Waals surface area contributed by atoms with E-state index in [-0.39, 0.29) is 5.91 Å². The van der Waals surface area contributed by atoms with Gasteiger partial charge in [0.1, 0.15) is 5.65 Å². The van der Waals surface area contributed by atoms with Gasteiger partial charge in [-0.25, -0.2) is 4.98 Å². The van der Waals surface area contributed by atoms with Gasteiger partial charge in [0.2, 0.25) is 0 Å².